The fourth-order valence-corrected chi connectivity index (χ4v) is 2.58. The highest BCUT2D eigenvalue weighted by Gasteiger charge is 2.13. The third kappa shape index (κ3) is 5.61. The molecule has 0 aliphatic rings. The topological polar surface area (TPSA) is 75.7 Å². The van der Waals surface area contributed by atoms with Crippen LogP contribution in [0, 0.1) is 4.84 Å². The number of benzene rings is 2. The highest BCUT2D eigenvalue weighted by molar-refractivity contribution is 7.71. The first-order chi connectivity index (χ1) is 13.9. The Balaban J connectivity index is 1.60. The summed E-state index contributed by atoms with van der Waals surface area (Å²) in [5.74, 6) is 1.14. The molecule has 0 aliphatic carbocycles. The lowest BCUT2D eigenvalue weighted by Gasteiger charge is -2.05. The lowest BCUT2D eigenvalue weighted by molar-refractivity contribution is -0.0498. The molecule has 0 atom stereocenters. The van der Waals surface area contributed by atoms with Crippen molar-refractivity contribution in [3.63, 3.8) is 0 Å². The van der Waals surface area contributed by atoms with Crippen LogP contribution < -0.4 is 14.2 Å². The third-order valence-corrected chi connectivity index (χ3v) is 4.06. The van der Waals surface area contributed by atoms with Gasteiger partial charge in [-0.25, -0.2) is 4.68 Å². The summed E-state index contributed by atoms with van der Waals surface area (Å²) >= 11 is 5.08. The predicted octanol–water partition coefficient (Wildman–Crippen LogP) is 4.28. The van der Waals surface area contributed by atoms with Gasteiger partial charge in [0.2, 0.25) is 0 Å². The minimum Gasteiger partial charge on any atom is -0.497 e. The maximum atomic E-state index is 12.4. The van der Waals surface area contributed by atoms with Crippen LogP contribution in [0.25, 0.3) is 0 Å². The second-order valence-corrected chi connectivity index (χ2v) is 6.06. The highest BCUT2D eigenvalue weighted by atomic mass is 32.1. The van der Waals surface area contributed by atoms with Crippen molar-refractivity contribution >= 4 is 18.0 Å². The normalized spacial score (nSPS) is 10.8. The second kappa shape index (κ2) is 9.28. The zero-order valence-electron chi connectivity index (χ0n) is 15.2. The van der Waals surface area contributed by atoms with Crippen LogP contribution in [0.2, 0.25) is 0 Å². The van der Waals surface area contributed by atoms with E-state index in [0.717, 1.165) is 0 Å². The number of alkyl halides is 2. The molecular weight excluding hydrogens is 406 g/mol. The van der Waals surface area contributed by atoms with E-state index in [-0.39, 0.29) is 35.4 Å². The van der Waals surface area contributed by atoms with Crippen LogP contribution in [-0.4, -0.2) is 29.3 Å². The molecule has 29 heavy (non-hydrogen) atoms. The number of rotatable bonds is 9. The lowest BCUT2D eigenvalue weighted by atomic mass is 10.1. The molecule has 3 aromatic rings. The van der Waals surface area contributed by atoms with Crippen molar-refractivity contribution in [3.8, 4) is 17.2 Å². The average Bonchev–Trinajstić information content (AvgIpc) is 3.06. The number of nitrogens with zero attached hydrogens (tertiary/aromatic N) is 2. The summed E-state index contributed by atoms with van der Waals surface area (Å²) in [5, 5.41) is 4.13. The smallest absolute Gasteiger partial charge is 0.387 e. The Morgan fingerprint density at radius 2 is 1.72 bits per heavy atom. The SMILES string of the molecule is COc1ccc(OCc2nn(CC(=O)c3ccc(OC(F)F)cc3)c(=S)o2)cc1. The number of aromatic nitrogens is 2. The molecule has 0 aliphatic heterocycles. The first kappa shape index (κ1) is 20.5. The summed E-state index contributed by atoms with van der Waals surface area (Å²) < 4.78 is 45.8. The Morgan fingerprint density at radius 3 is 2.34 bits per heavy atom. The zero-order chi connectivity index (χ0) is 20.8. The molecule has 0 saturated heterocycles. The number of ketones is 1. The van der Waals surface area contributed by atoms with Gasteiger partial charge in [-0.05, 0) is 60.7 Å². The van der Waals surface area contributed by atoms with Crippen LogP contribution in [0.3, 0.4) is 0 Å². The lowest BCUT2D eigenvalue weighted by Crippen LogP contribution is -2.12. The fraction of sp³-hybridized carbons (Fsp3) is 0.211. The van der Waals surface area contributed by atoms with Crippen LogP contribution >= 0.6 is 12.2 Å². The van der Waals surface area contributed by atoms with Gasteiger partial charge in [-0.15, -0.1) is 5.10 Å². The van der Waals surface area contributed by atoms with Crippen molar-refractivity contribution in [2.24, 2.45) is 0 Å². The van der Waals surface area contributed by atoms with Gasteiger partial charge in [0.1, 0.15) is 23.8 Å². The van der Waals surface area contributed by atoms with Crippen molar-refractivity contribution in [2.75, 3.05) is 7.11 Å². The van der Waals surface area contributed by atoms with E-state index in [9.17, 15) is 13.6 Å². The molecule has 0 bridgehead atoms. The number of methoxy groups -OCH3 is 1. The number of ether oxygens (including phenoxy) is 3. The van der Waals surface area contributed by atoms with E-state index in [2.05, 4.69) is 9.84 Å². The van der Waals surface area contributed by atoms with E-state index in [1.165, 1.54) is 28.9 Å². The molecular formula is C19H16F2N2O5S. The summed E-state index contributed by atoms with van der Waals surface area (Å²) in [6.07, 6.45) is 0. The second-order valence-electron chi connectivity index (χ2n) is 5.71. The van der Waals surface area contributed by atoms with Crippen molar-refractivity contribution in [1.82, 2.24) is 9.78 Å². The molecule has 1 aromatic heterocycles. The van der Waals surface area contributed by atoms with Gasteiger partial charge in [-0.2, -0.15) is 8.78 Å². The quantitative estimate of drug-likeness (QED) is 0.376. The third-order valence-electron chi connectivity index (χ3n) is 3.76. The molecule has 7 nitrogen and oxygen atoms in total. The molecule has 152 valence electrons. The van der Waals surface area contributed by atoms with Gasteiger partial charge in [0, 0.05) is 5.56 Å². The molecule has 1 heterocycles. The van der Waals surface area contributed by atoms with Crippen LogP contribution in [0.15, 0.2) is 52.9 Å². The Bertz CT molecular complexity index is 1020. The van der Waals surface area contributed by atoms with Crippen molar-refractivity contribution in [1.29, 1.82) is 0 Å². The molecule has 0 spiro atoms. The fourth-order valence-electron chi connectivity index (χ4n) is 2.37. The number of carbonyl (C=O) groups excluding carboxylic acids is 1. The number of hydrogen-bond donors (Lipinski definition) is 0. The van der Waals surface area contributed by atoms with Gasteiger partial charge in [-0.1, -0.05) is 0 Å². The Kier molecular flexibility index (Phi) is 6.55. The average molecular weight is 422 g/mol. The molecule has 2 aromatic carbocycles. The highest BCUT2D eigenvalue weighted by Crippen LogP contribution is 2.18. The molecule has 0 radical (unpaired) electrons. The van der Waals surface area contributed by atoms with E-state index < -0.39 is 6.61 Å². The molecule has 0 unspecified atom stereocenters. The van der Waals surface area contributed by atoms with Gasteiger partial charge in [0.25, 0.3) is 10.7 Å². The molecule has 3 rings (SSSR count). The minimum absolute atomic E-state index is 0.0179. The van der Waals surface area contributed by atoms with Gasteiger partial charge >= 0.3 is 6.61 Å². The summed E-state index contributed by atoms with van der Waals surface area (Å²) in [6, 6.07) is 12.3. The molecule has 0 fully saturated rings. The largest absolute Gasteiger partial charge is 0.497 e. The van der Waals surface area contributed by atoms with Crippen molar-refractivity contribution < 1.29 is 32.2 Å². The van der Waals surface area contributed by atoms with Crippen LogP contribution in [-0.2, 0) is 13.2 Å². The van der Waals surface area contributed by atoms with Gasteiger partial charge in [0.15, 0.2) is 12.4 Å². The van der Waals surface area contributed by atoms with Gasteiger partial charge in [0.05, 0.1) is 7.11 Å². The van der Waals surface area contributed by atoms with Crippen LogP contribution in [0.4, 0.5) is 8.78 Å². The number of halogens is 2. The monoisotopic (exact) mass is 422 g/mol. The Morgan fingerprint density at radius 1 is 1.10 bits per heavy atom. The summed E-state index contributed by atoms with van der Waals surface area (Å²) in [6.45, 7) is -3.07. The number of carbonyl (C=O) groups is 1. The van der Waals surface area contributed by atoms with E-state index in [4.69, 9.17) is 26.1 Å². The van der Waals surface area contributed by atoms with Crippen LogP contribution in [0.1, 0.15) is 16.2 Å². The molecule has 10 heteroatoms. The minimum atomic E-state index is -2.93. The first-order valence-electron chi connectivity index (χ1n) is 8.36. The zero-order valence-corrected chi connectivity index (χ0v) is 16.0. The molecule has 0 N–H and O–H groups in total. The predicted molar refractivity (Wildman–Crippen MR) is 100 cm³/mol. The van der Waals surface area contributed by atoms with Gasteiger partial charge in [-0.3, -0.25) is 4.79 Å². The first-order valence-corrected chi connectivity index (χ1v) is 8.77. The maximum absolute atomic E-state index is 12.4. The summed E-state index contributed by atoms with van der Waals surface area (Å²) in [7, 11) is 1.57. The number of Topliss-reactive ketones (excluding diaryl/α,β-unsaturated/α-hetero) is 1. The summed E-state index contributed by atoms with van der Waals surface area (Å²) in [4.78, 5) is 12.4. The summed E-state index contributed by atoms with van der Waals surface area (Å²) in [5.41, 5.74) is 0.299. The number of hydrogen-bond acceptors (Lipinski definition) is 7. The maximum Gasteiger partial charge on any atom is 0.387 e. The van der Waals surface area contributed by atoms with E-state index in [1.54, 1.807) is 31.4 Å². The molecule has 0 saturated carbocycles. The van der Waals surface area contributed by atoms with Crippen LogP contribution in [0.5, 0.6) is 17.2 Å². The standard InChI is InChI=1S/C19H16F2N2O5S/c1-25-13-6-8-14(9-7-13)26-11-17-22-23(19(29)28-17)10-16(24)12-2-4-15(5-3-12)27-18(20)21/h2-9,18H,10-11H2,1H3. The van der Waals surface area contributed by atoms with Crippen molar-refractivity contribution in [2.45, 2.75) is 19.8 Å². The van der Waals surface area contributed by atoms with E-state index in [0.29, 0.717) is 17.1 Å². The van der Waals surface area contributed by atoms with Gasteiger partial charge < -0.3 is 18.6 Å². The van der Waals surface area contributed by atoms with E-state index >= 15 is 0 Å². The Hall–Kier alpha value is -3.27. The molecule has 0 amide bonds. The van der Waals surface area contributed by atoms with E-state index in [1.807, 2.05) is 0 Å². The Labute approximate surface area is 169 Å². The van der Waals surface area contributed by atoms with Crippen molar-refractivity contribution in [3.05, 3.63) is 64.8 Å².